The van der Waals surface area contributed by atoms with E-state index in [0.29, 0.717) is 37.5 Å². The quantitative estimate of drug-likeness (QED) is 0.0440. The average Bonchev–Trinajstić information content (AvgIpc) is 3.86. The smallest absolute Gasteiger partial charge is 0.306 e. The molecule has 0 fully saturated rings. The second kappa shape index (κ2) is 46.7. The van der Waals surface area contributed by atoms with E-state index in [2.05, 4.69) is 36.0 Å². The minimum absolute atomic E-state index is 0.00201. The summed E-state index contributed by atoms with van der Waals surface area (Å²) in [5, 5.41) is 12.8. The number of aromatic nitrogens is 1. The zero-order valence-electron chi connectivity index (χ0n) is 42.9. The number of nitrogens with zero attached hydrogens (tertiary/aromatic N) is 1. The van der Waals surface area contributed by atoms with Crippen molar-refractivity contribution in [3.05, 3.63) is 24.0 Å². The molecule has 0 bridgehead atoms. The van der Waals surface area contributed by atoms with Crippen molar-refractivity contribution in [1.29, 1.82) is 0 Å². The lowest BCUT2D eigenvalue weighted by atomic mass is 9.95. The highest BCUT2D eigenvalue weighted by atomic mass is 16.5. The van der Waals surface area contributed by atoms with Crippen molar-refractivity contribution in [3.63, 3.8) is 0 Å². The number of esters is 2. The molecule has 1 heterocycles. The van der Waals surface area contributed by atoms with Gasteiger partial charge in [-0.3, -0.25) is 14.4 Å². The van der Waals surface area contributed by atoms with Gasteiger partial charge in [0.25, 0.3) is 5.91 Å². The molecular formula is C56H105N3O6. The largest absolute Gasteiger partial charge is 0.466 e. The fourth-order valence-corrected chi connectivity index (χ4v) is 9.09. The van der Waals surface area contributed by atoms with Gasteiger partial charge in [-0.2, -0.15) is 0 Å². The minimum Gasteiger partial charge on any atom is -0.466 e. The van der Waals surface area contributed by atoms with Gasteiger partial charge in [0.1, 0.15) is 6.10 Å². The Morgan fingerprint density at radius 3 is 1.60 bits per heavy atom. The SMILES string of the molecule is CCCCCCCCCCCOC(=O)CCCCCN(CCCCCCCC(=O)OC(CCCCCCCC)CCCCCCCC)CC(CCCO)CCCCNC(=O)c1cc[nH]c1. The molecule has 0 spiro atoms. The van der Waals surface area contributed by atoms with Crippen LogP contribution in [0.3, 0.4) is 0 Å². The highest BCUT2D eigenvalue weighted by Crippen LogP contribution is 2.21. The molecule has 0 aromatic carbocycles. The molecule has 0 aliphatic carbocycles. The first-order chi connectivity index (χ1) is 31.9. The summed E-state index contributed by atoms with van der Waals surface area (Å²) in [6, 6.07) is 1.79. The topological polar surface area (TPSA) is 121 Å². The molecular weight excluding hydrogens is 811 g/mol. The van der Waals surface area contributed by atoms with Crippen LogP contribution in [0.25, 0.3) is 0 Å². The van der Waals surface area contributed by atoms with Gasteiger partial charge in [0.15, 0.2) is 0 Å². The number of unbranched alkanes of at least 4 members (excludes halogenated alkanes) is 25. The molecule has 9 heteroatoms. The number of carbonyl (C=O) groups excluding carboxylic acids is 3. The summed E-state index contributed by atoms with van der Waals surface area (Å²) in [4.78, 5) is 43.3. The van der Waals surface area contributed by atoms with Crippen LogP contribution in [0.4, 0.5) is 0 Å². The fraction of sp³-hybridized carbons (Fsp3) is 0.875. The van der Waals surface area contributed by atoms with Gasteiger partial charge in [-0.05, 0) is 109 Å². The second-order valence-electron chi connectivity index (χ2n) is 19.5. The maximum absolute atomic E-state index is 13.0. The van der Waals surface area contributed by atoms with Gasteiger partial charge < -0.3 is 29.8 Å². The molecule has 1 aromatic heterocycles. The van der Waals surface area contributed by atoms with Gasteiger partial charge in [0.2, 0.25) is 0 Å². The highest BCUT2D eigenvalue weighted by Gasteiger charge is 2.17. The summed E-state index contributed by atoms with van der Waals surface area (Å²) in [5.41, 5.74) is 0.663. The average molecular weight is 916 g/mol. The van der Waals surface area contributed by atoms with Crippen molar-refractivity contribution in [2.75, 3.05) is 39.4 Å². The Hall–Kier alpha value is -2.39. The lowest BCUT2D eigenvalue weighted by Gasteiger charge is -2.28. The van der Waals surface area contributed by atoms with E-state index < -0.39 is 0 Å². The van der Waals surface area contributed by atoms with Crippen LogP contribution in [0, 0.1) is 5.92 Å². The van der Waals surface area contributed by atoms with Crippen LogP contribution in [-0.4, -0.2) is 78.3 Å². The van der Waals surface area contributed by atoms with E-state index in [1.807, 2.05) is 0 Å². The third kappa shape index (κ3) is 39.3. The van der Waals surface area contributed by atoms with Crippen molar-refractivity contribution < 1.29 is 29.0 Å². The fourth-order valence-electron chi connectivity index (χ4n) is 9.09. The zero-order valence-corrected chi connectivity index (χ0v) is 42.9. The molecule has 3 N–H and O–H groups in total. The van der Waals surface area contributed by atoms with E-state index in [4.69, 9.17) is 9.47 Å². The lowest BCUT2D eigenvalue weighted by molar-refractivity contribution is -0.150. The molecule has 0 aliphatic heterocycles. The van der Waals surface area contributed by atoms with Gasteiger partial charge >= 0.3 is 11.9 Å². The van der Waals surface area contributed by atoms with Crippen LogP contribution in [-0.2, 0) is 19.1 Å². The van der Waals surface area contributed by atoms with Crippen LogP contribution in [0.1, 0.15) is 275 Å². The molecule has 1 rings (SSSR count). The van der Waals surface area contributed by atoms with Crippen LogP contribution >= 0.6 is 0 Å². The third-order valence-electron chi connectivity index (χ3n) is 13.3. The van der Waals surface area contributed by atoms with Crippen LogP contribution in [0.2, 0.25) is 0 Å². The van der Waals surface area contributed by atoms with Crippen LogP contribution < -0.4 is 5.32 Å². The number of hydrogen-bond donors (Lipinski definition) is 3. The van der Waals surface area contributed by atoms with Crippen molar-refractivity contribution >= 4 is 17.8 Å². The van der Waals surface area contributed by atoms with E-state index in [9.17, 15) is 19.5 Å². The standard InChI is InChI=1S/C56H105N3O6/c1-4-7-10-13-16-17-18-24-34-48-64-54(61)40-29-25-33-46-59(50-51(37-35-47-60)36-30-31-43-58-56(63)52-42-44-57-49-52)45-32-23-19-22-28-41-55(62)65-53(38-26-20-14-11-8-5-2)39-27-21-15-12-9-6-3/h42,44,49,51,53,57,60H,4-41,43,45-48,50H2,1-3H3,(H,58,63). The normalized spacial score (nSPS) is 12.0. The lowest BCUT2D eigenvalue weighted by Crippen LogP contribution is -2.32. The molecule has 65 heavy (non-hydrogen) atoms. The summed E-state index contributed by atoms with van der Waals surface area (Å²) in [5.74, 6) is 0.411. The summed E-state index contributed by atoms with van der Waals surface area (Å²) in [6.07, 6.45) is 46.4. The second-order valence-corrected chi connectivity index (χ2v) is 19.5. The summed E-state index contributed by atoms with van der Waals surface area (Å²) in [6.45, 7) is 11.3. The Morgan fingerprint density at radius 1 is 0.569 bits per heavy atom. The summed E-state index contributed by atoms with van der Waals surface area (Å²) < 4.78 is 11.7. The Labute approximate surface area is 400 Å². The van der Waals surface area contributed by atoms with E-state index in [0.717, 1.165) is 129 Å². The number of aromatic amines is 1. The molecule has 0 saturated heterocycles. The molecule has 0 aliphatic rings. The van der Waals surface area contributed by atoms with E-state index in [-0.39, 0.29) is 30.6 Å². The predicted molar refractivity (Wildman–Crippen MR) is 273 cm³/mol. The summed E-state index contributed by atoms with van der Waals surface area (Å²) >= 11 is 0. The monoisotopic (exact) mass is 916 g/mol. The van der Waals surface area contributed by atoms with E-state index >= 15 is 0 Å². The molecule has 9 nitrogen and oxygen atoms in total. The number of rotatable bonds is 50. The maximum Gasteiger partial charge on any atom is 0.306 e. The number of carbonyl (C=O) groups is 3. The number of H-pyrrole nitrogens is 1. The van der Waals surface area contributed by atoms with E-state index in [1.54, 1.807) is 18.5 Å². The van der Waals surface area contributed by atoms with Crippen molar-refractivity contribution in [1.82, 2.24) is 15.2 Å². The Bertz CT molecular complexity index is 1160. The van der Waals surface area contributed by atoms with Crippen molar-refractivity contribution in [2.45, 2.75) is 271 Å². The third-order valence-corrected chi connectivity index (χ3v) is 13.3. The molecule has 1 aromatic rings. The number of hydrogen-bond acceptors (Lipinski definition) is 7. The van der Waals surface area contributed by atoms with Gasteiger partial charge in [0.05, 0.1) is 12.2 Å². The Kier molecular flexibility index (Phi) is 43.6. The van der Waals surface area contributed by atoms with Crippen molar-refractivity contribution in [3.8, 4) is 0 Å². The maximum atomic E-state index is 13.0. The zero-order chi connectivity index (χ0) is 47.1. The number of ether oxygens (including phenoxy) is 2. The molecule has 0 radical (unpaired) electrons. The Balaban J connectivity index is 2.53. The highest BCUT2D eigenvalue weighted by molar-refractivity contribution is 5.93. The molecule has 0 saturated carbocycles. The van der Waals surface area contributed by atoms with Gasteiger partial charge in [-0.15, -0.1) is 0 Å². The molecule has 1 atom stereocenters. The number of nitrogens with one attached hydrogen (secondary N) is 2. The minimum atomic E-state index is -0.0517. The Morgan fingerprint density at radius 2 is 1.05 bits per heavy atom. The van der Waals surface area contributed by atoms with Crippen molar-refractivity contribution in [2.24, 2.45) is 5.92 Å². The predicted octanol–water partition coefficient (Wildman–Crippen LogP) is 15.0. The number of amides is 1. The first-order valence-electron chi connectivity index (χ1n) is 28.0. The molecule has 380 valence electrons. The van der Waals surface area contributed by atoms with Gasteiger partial charge in [-0.1, -0.05) is 168 Å². The number of aliphatic hydroxyl groups is 1. The molecule has 1 unspecified atom stereocenters. The van der Waals surface area contributed by atoms with E-state index in [1.165, 1.54) is 122 Å². The number of aliphatic hydroxyl groups excluding tert-OH is 1. The van der Waals surface area contributed by atoms with Crippen LogP contribution in [0.5, 0.6) is 0 Å². The van der Waals surface area contributed by atoms with Gasteiger partial charge in [0, 0.05) is 44.9 Å². The first-order valence-corrected chi connectivity index (χ1v) is 28.0. The van der Waals surface area contributed by atoms with Gasteiger partial charge in [-0.25, -0.2) is 0 Å². The van der Waals surface area contributed by atoms with Crippen LogP contribution in [0.15, 0.2) is 18.5 Å². The summed E-state index contributed by atoms with van der Waals surface area (Å²) in [7, 11) is 0. The first kappa shape index (κ1) is 60.6. The molecule has 1 amide bonds.